The van der Waals surface area contributed by atoms with Crippen molar-refractivity contribution in [2.75, 3.05) is 10.6 Å². The topological polar surface area (TPSA) is 67.4 Å². The van der Waals surface area contributed by atoms with E-state index in [0.29, 0.717) is 17.8 Å². The molecule has 1 atom stereocenters. The second-order valence-electron chi connectivity index (χ2n) is 8.86. The summed E-state index contributed by atoms with van der Waals surface area (Å²) in [6, 6.07) is 25.7. The van der Waals surface area contributed by atoms with Crippen LogP contribution in [0.2, 0.25) is 5.04 Å². The lowest BCUT2D eigenvalue weighted by molar-refractivity contribution is -0.122. The van der Waals surface area contributed by atoms with Gasteiger partial charge in [-0.25, -0.2) is 0 Å². The van der Waals surface area contributed by atoms with Crippen LogP contribution in [0, 0.1) is 0 Å². The molecule has 3 aromatic rings. The van der Waals surface area contributed by atoms with E-state index in [1.54, 1.807) is 25.1 Å². The molecule has 0 aromatic heterocycles. The maximum absolute atomic E-state index is 13.3. The van der Waals surface area contributed by atoms with Crippen LogP contribution in [-0.2, 0) is 14.0 Å². The largest absolute Gasteiger partial charge is 0.396 e. The highest BCUT2D eigenvalue weighted by Crippen LogP contribution is 2.37. The molecule has 0 saturated carbocycles. The molecular weight excluding hydrogens is 496 g/mol. The predicted octanol–water partition coefficient (Wildman–Crippen LogP) is 4.92. The first-order valence-electron chi connectivity index (χ1n) is 10.8. The number of benzene rings is 3. The number of hydrogen-bond donors (Lipinski definition) is 2. The molecule has 0 unspecified atom stereocenters. The van der Waals surface area contributed by atoms with Gasteiger partial charge in [-0.15, -0.1) is 0 Å². The van der Waals surface area contributed by atoms with Crippen molar-refractivity contribution in [2.24, 2.45) is 0 Å². The Morgan fingerprint density at radius 3 is 1.97 bits per heavy atom. The quantitative estimate of drug-likeness (QED) is 0.324. The van der Waals surface area contributed by atoms with Crippen LogP contribution in [0.15, 0.2) is 83.3 Å². The molecule has 33 heavy (non-hydrogen) atoms. The Hall–Kier alpha value is -2.74. The first kappa shape index (κ1) is 24.9. The zero-order valence-corrected chi connectivity index (χ0v) is 21.8. The molecule has 0 aliphatic heterocycles. The number of halogens is 1. The van der Waals surface area contributed by atoms with Crippen LogP contribution in [0.3, 0.4) is 0 Å². The first-order valence-corrected chi connectivity index (χ1v) is 13.5. The summed E-state index contributed by atoms with van der Waals surface area (Å²) in [5.74, 6) is -0.282. The summed E-state index contributed by atoms with van der Waals surface area (Å²) in [4.78, 5) is 24.3. The van der Waals surface area contributed by atoms with Crippen molar-refractivity contribution in [3.8, 4) is 0 Å². The minimum Gasteiger partial charge on any atom is -0.396 e. The fourth-order valence-electron chi connectivity index (χ4n) is 4.05. The van der Waals surface area contributed by atoms with Crippen molar-refractivity contribution >= 4 is 58.3 Å². The van der Waals surface area contributed by atoms with Crippen LogP contribution in [0.4, 0.5) is 11.4 Å². The SMILES string of the molecule is C[C@@H](O[Si](c1ccccc1)(c1ccccc1)C(C)(C)C)C(=O)Nc1cc(Br)ccc1NC=O. The van der Waals surface area contributed by atoms with Gasteiger partial charge in [0.25, 0.3) is 14.2 Å². The monoisotopic (exact) mass is 524 g/mol. The fourth-order valence-corrected chi connectivity index (χ4v) is 9.07. The van der Waals surface area contributed by atoms with Crippen molar-refractivity contribution in [3.63, 3.8) is 0 Å². The smallest absolute Gasteiger partial charge is 0.262 e. The third-order valence-electron chi connectivity index (χ3n) is 5.59. The van der Waals surface area contributed by atoms with Crippen LogP contribution in [0.25, 0.3) is 0 Å². The number of hydrogen-bond acceptors (Lipinski definition) is 3. The highest BCUT2D eigenvalue weighted by molar-refractivity contribution is 9.10. The van der Waals surface area contributed by atoms with Gasteiger partial charge in [-0.3, -0.25) is 9.59 Å². The average molecular weight is 526 g/mol. The molecule has 2 N–H and O–H groups in total. The van der Waals surface area contributed by atoms with Gasteiger partial charge in [0, 0.05) is 4.47 Å². The van der Waals surface area contributed by atoms with Crippen molar-refractivity contribution < 1.29 is 14.0 Å². The molecule has 0 fully saturated rings. The van der Waals surface area contributed by atoms with Gasteiger partial charge in [-0.1, -0.05) is 97.4 Å². The van der Waals surface area contributed by atoms with E-state index in [9.17, 15) is 9.59 Å². The summed E-state index contributed by atoms with van der Waals surface area (Å²) in [5.41, 5.74) is 1.01. The number of amides is 2. The summed E-state index contributed by atoms with van der Waals surface area (Å²) in [7, 11) is -2.87. The Bertz CT molecular complexity index is 1060. The summed E-state index contributed by atoms with van der Waals surface area (Å²) < 4.78 is 7.65. The van der Waals surface area contributed by atoms with Crippen LogP contribution in [0.5, 0.6) is 0 Å². The van der Waals surface area contributed by atoms with Crippen molar-refractivity contribution in [3.05, 3.63) is 83.3 Å². The van der Waals surface area contributed by atoms with E-state index in [4.69, 9.17) is 4.43 Å². The van der Waals surface area contributed by atoms with E-state index in [1.165, 1.54) is 0 Å². The van der Waals surface area contributed by atoms with Crippen molar-refractivity contribution in [1.82, 2.24) is 0 Å². The van der Waals surface area contributed by atoms with E-state index in [1.807, 2.05) is 36.4 Å². The molecule has 0 aliphatic rings. The Labute approximate surface area is 204 Å². The highest BCUT2D eigenvalue weighted by Gasteiger charge is 2.51. The van der Waals surface area contributed by atoms with Gasteiger partial charge in [-0.05, 0) is 40.5 Å². The van der Waals surface area contributed by atoms with Crippen LogP contribution in [0.1, 0.15) is 27.7 Å². The minimum atomic E-state index is -2.87. The lowest BCUT2D eigenvalue weighted by Gasteiger charge is -2.44. The van der Waals surface area contributed by atoms with Gasteiger partial charge in [0.2, 0.25) is 6.41 Å². The summed E-state index contributed by atoms with van der Waals surface area (Å²) >= 11 is 3.42. The van der Waals surface area contributed by atoms with E-state index in [-0.39, 0.29) is 10.9 Å². The Kier molecular flexibility index (Phi) is 7.89. The molecule has 3 rings (SSSR count). The van der Waals surface area contributed by atoms with Crippen molar-refractivity contribution in [1.29, 1.82) is 0 Å². The fraction of sp³-hybridized carbons (Fsp3) is 0.231. The predicted molar refractivity (Wildman–Crippen MR) is 141 cm³/mol. The van der Waals surface area contributed by atoms with Gasteiger partial charge in [0.1, 0.15) is 6.10 Å². The van der Waals surface area contributed by atoms with Gasteiger partial charge in [-0.2, -0.15) is 0 Å². The number of anilines is 2. The second kappa shape index (κ2) is 10.5. The molecular formula is C26H29BrN2O3Si. The maximum atomic E-state index is 13.3. The molecule has 0 bridgehead atoms. The summed E-state index contributed by atoms with van der Waals surface area (Å²) in [6.45, 7) is 8.29. The van der Waals surface area contributed by atoms with Gasteiger partial charge >= 0.3 is 0 Å². The lowest BCUT2D eigenvalue weighted by atomic mass is 10.2. The van der Waals surface area contributed by atoms with E-state index >= 15 is 0 Å². The van der Waals surface area contributed by atoms with E-state index in [0.717, 1.165) is 14.8 Å². The van der Waals surface area contributed by atoms with Crippen LogP contribution < -0.4 is 21.0 Å². The molecule has 2 amide bonds. The zero-order valence-electron chi connectivity index (χ0n) is 19.3. The van der Waals surface area contributed by atoms with Crippen LogP contribution >= 0.6 is 15.9 Å². The van der Waals surface area contributed by atoms with Gasteiger partial charge in [0.05, 0.1) is 11.4 Å². The number of carbonyl (C=O) groups excluding carboxylic acids is 2. The highest BCUT2D eigenvalue weighted by atomic mass is 79.9. The van der Waals surface area contributed by atoms with Gasteiger partial charge < -0.3 is 15.1 Å². The molecule has 0 saturated heterocycles. The maximum Gasteiger partial charge on any atom is 0.262 e. The van der Waals surface area contributed by atoms with Crippen molar-refractivity contribution in [2.45, 2.75) is 38.8 Å². The molecule has 0 heterocycles. The van der Waals surface area contributed by atoms with E-state index in [2.05, 4.69) is 71.6 Å². The molecule has 5 nitrogen and oxygen atoms in total. The van der Waals surface area contributed by atoms with Gasteiger partial charge in [0.15, 0.2) is 0 Å². The zero-order chi connectivity index (χ0) is 24.1. The van der Waals surface area contributed by atoms with Crippen LogP contribution in [-0.4, -0.2) is 26.7 Å². The molecule has 0 radical (unpaired) electrons. The Morgan fingerprint density at radius 2 is 1.48 bits per heavy atom. The molecule has 0 spiro atoms. The summed E-state index contributed by atoms with van der Waals surface area (Å²) in [6.07, 6.45) is -0.152. The lowest BCUT2D eigenvalue weighted by Crippen LogP contribution is -2.68. The Morgan fingerprint density at radius 1 is 0.939 bits per heavy atom. The summed E-state index contributed by atoms with van der Waals surface area (Å²) in [5, 5.41) is 7.51. The standard InChI is InChI=1S/C26H29BrN2O3Si/c1-19(25(31)29-24-17-20(27)15-16-23(24)28-18-30)32-33(26(2,3)4,21-11-7-5-8-12-21)22-13-9-6-10-14-22/h5-19H,1-4H3,(H,28,30)(H,29,31)/t19-/m1/s1. The minimum absolute atomic E-state index is 0.246. The molecule has 3 aromatic carbocycles. The molecule has 0 aliphatic carbocycles. The molecule has 7 heteroatoms. The Balaban J connectivity index is 2.01. The average Bonchev–Trinajstić information content (AvgIpc) is 2.79. The number of nitrogens with one attached hydrogen (secondary N) is 2. The third-order valence-corrected chi connectivity index (χ3v) is 11.2. The normalized spacial score (nSPS) is 12.6. The van der Waals surface area contributed by atoms with E-state index < -0.39 is 14.4 Å². The number of rotatable bonds is 8. The molecule has 172 valence electrons. The first-order chi connectivity index (χ1) is 15.7. The third kappa shape index (κ3) is 5.43. The second-order valence-corrected chi connectivity index (χ2v) is 14.0. The number of carbonyl (C=O) groups is 2.